The van der Waals surface area contributed by atoms with Gasteiger partial charge in [0.1, 0.15) is 24.2 Å². The van der Waals surface area contributed by atoms with Gasteiger partial charge in [-0.3, -0.25) is 4.68 Å². The Kier molecular flexibility index (Phi) is 4.95. The third-order valence-corrected chi connectivity index (χ3v) is 3.10. The number of nitrogens with one attached hydrogen (secondary N) is 1. The van der Waals surface area contributed by atoms with E-state index in [0.717, 1.165) is 23.6 Å². The predicted molar refractivity (Wildman–Crippen MR) is 76.0 cm³/mol. The first-order valence-electron chi connectivity index (χ1n) is 6.56. The van der Waals surface area contributed by atoms with Gasteiger partial charge in [-0.1, -0.05) is 6.92 Å². The zero-order chi connectivity index (χ0) is 14.4. The Hall–Kier alpha value is -2.08. The molecule has 2 aromatic rings. The number of aromatic nitrogens is 3. The Labute approximate surface area is 118 Å². The van der Waals surface area contributed by atoms with Crippen molar-refractivity contribution in [2.75, 3.05) is 20.8 Å². The second-order valence-corrected chi connectivity index (χ2v) is 4.34. The molecule has 0 aliphatic rings. The van der Waals surface area contributed by atoms with E-state index in [0.29, 0.717) is 6.54 Å². The van der Waals surface area contributed by atoms with Crippen molar-refractivity contribution >= 4 is 0 Å². The monoisotopic (exact) mass is 276 g/mol. The molecule has 6 heteroatoms. The van der Waals surface area contributed by atoms with E-state index in [9.17, 15) is 0 Å². The third kappa shape index (κ3) is 3.27. The van der Waals surface area contributed by atoms with E-state index in [1.165, 1.54) is 6.33 Å². The highest BCUT2D eigenvalue weighted by atomic mass is 16.5. The Bertz CT molecular complexity index is 528. The summed E-state index contributed by atoms with van der Waals surface area (Å²) < 4.78 is 12.5. The van der Waals surface area contributed by atoms with Crippen LogP contribution in [-0.4, -0.2) is 35.5 Å². The molecule has 0 aliphatic heterocycles. The molecule has 1 unspecified atom stereocenters. The van der Waals surface area contributed by atoms with E-state index < -0.39 is 0 Å². The van der Waals surface area contributed by atoms with Crippen LogP contribution in [0.3, 0.4) is 0 Å². The van der Waals surface area contributed by atoms with Gasteiger partial charge in [-0.25, -0.2) is 4.98 Å². The van der Waals surface area contributed by atoms with Crippen LogP contribution in [-0.2, 0) is 6.54 Å². The number of benzene rings is 1. The second kappa shape index (κ2) is 6.91. The molecule has 0 fully saturated rings. The van der Waals surface area contributed by atoms with Crippen LogP contribution in [0.25, 0.3) is 0 Å². The van der Waals surface area contributed by atoms with Crippen molar-refractivity contribution in [1.29, 1.82) is 0 Å². The average Bonchev–Trinajstić information content (AvgIpc) is 2.99. The van der Waals surface area contributed by atoms with E-state index in [2.05, 4.69) is 22.3 Å². The van der Waals surface area contributed by atoms with Crippen LogP contribution in [0.1, 0.15) is 18.5 Å². The Balaban J connectivity index is 2.31. The van der Waals surface area contributed by atoms with Gasteiger partial charge in [0, 0.05) is 5.56 Å². The average molecular weight is 276 g/mol. The summed E-state index contributed by atoms with van der Waals surface area (Å²) in [6, 6.07) is 5.87. The minimum absolute atomic E-state index is 0.0757. The molecule has 6 nitrogen and oxygen atoms in total. The van der Waals surface area contributed by atoms with Gasteiger partial charge in [0.2, 0.25) is 0 Å². The van der Waals surface area contributed by atoms with Crippen LogP contribution in [0.4, 0.5) is 0 Å². The van der Waals surface area contributed by atoms with Crippen molar-refractivity contribution < 1.29 is 9.47 Å². The maximum atomic E-state index is 5.45. The van der Waals surface area contributed by atoms with Crippen LogP contribution >= 0.6 is 0 Å². The Morgan fingerprint density at radius 2 is 2.15 bits per heavy atom. The van der Waals surface area contributed by atoms with Gasteiger partial charge in [0.15, 0.2) is 0 Å². The zero-order valence-electron chi connectivity index (χ0n) is 12.0. The quantitative estimate of drug-likeness (QED) is 0.833. The number of likely N-dealkylation sites (N-methyl/N-ethyl adjacent to an activating group) is 1. The molecule has 0 bridgehead atoms. The van der Waals surface area contributed by atoms with Gasteiger partial charge in [0.05, 0.1) is 26.8 Å². The summed E-state index contributed by atoms with van der Waals surface area (Å²) >= 11 is 0. The van der Waals surface area contributed by atoms with E-state index in [-0.39, 0.29) is 6.04 Å². The van der Waals surface area contributed by atoms with E-state index in [1.54, 1.807) is 25.2 Å². The van der Waals surface area contributed by atoms with Crippen LogP contribution < -0.4 is 14.8 Å². The SMILES string of the molecule is CCNC(Cn1cncn1)c1cc(OC)ccc1OC. The third-order valence-electron chi connectivity index (χ3n) is 3.10. The molecular formula is C14H20N4O2. The number of nitrogens with zero attached hydrogens (tertiary/aromatic N) is 3. The van der Waals surface area contributed by atoms with Crippen LogP contribution in [0.15, 0.2) is 30.9 Å². The molecule has 1 aromatic carbocycles. The Morgan fingerprint density at radius 3 is 2.75 bits per heavy atom. The second-order valence-electron chi connectivity index (χ2n) is 4.34. The summed E-state index contributed by atoms with van der Waals surface area (Å²) in [5, 5.41) is 7.59. The molecule has 2 rings (SSSR count). The van der Waals surface area contributed by atoms with Crippen molar-refractivity contribution in [3.05, 3.63) is 36.4 Å². The summed E-state index contributed by atoms with van der Waals surface area (Å²) in [5.74, 6) is 1.64. The highest BCUT2D eigenvalue weighted by molar-refractivity contribution is 5.42. The standard InChI is InChI=1S/C14H20N4O2/c1-4-16-13(8-18-10-15-9-17-18)12-7-11(19-2)5-6-14(12)20-3/h5-7,9-10,13,16H,4,8H2,1-3H3. The topological polar surface area (TPSA) is 61.2 Å². The fraction of sp³-hybridized carbons (Fsp3) is 0.429. The van der Waals surface area contributed by atoms with Gasteiger partial charge in [-0.15, -0.1) is 0 Å². The lowest BCUT2D eigenvalue weighted by atomic mass is 10.0. The zero-order valence-corrected chi connectivity index (χ0v) is 12.0. The van der Waals surface area contributed by atoms with Gasteiger partial charge in [-0.2, -0.15) is 5.10 Å². The highest BCUT2D eigenvalue weighted by Crippen LogP contribution is 2.30. The van der Waals surface area contributed by atoms with Gasteiger partial charge < -0.3 is 14.8 Å². The normalized spacial score (nSPS) is 12.2. The smallest absolute Gasteiger partial charge is 0.137 e. The van der Waals surface area contributed by atoms with Crippen molar-refractivity contribution in [3.8, 4) is 11.5 Å². The van der Waals surface area contributed by atoms with Crippen LogP contribution in [0.2, 0.25) is 0 Å². The molecule has 0 saturated carbocycles. The molecule has 1 heterocycles. The lowest BCUT2D eigenvalue weighted by Crippen LogP contribution is -2.26. The molecule has 1 aromatic heterocycles. The van der Waals surface area contributed by atoms with E-state index >= 15 is 0 Å². The summed E-state index contributed by atoms with van der Waals surface area (Å²) in [6.07, 6.45) is 3.24. The van der Waals surface area contributed by atoms with Gasteiger partial charge >= 0.3 is 0 Å². The molecule has 1 atom stereocenters. The molecule has 0 saturated heterocycles. The maximum absolute atomic E-state index is 5.45. The first kappa shape index (κ1) is 14.3. The predicted octanol–water partition coefficient (Wildman–Crippen LogP) is 1.65. The lowest BCUT2D eigenvalue weighted by Gasteiger charge is -2.21. The van der Waals surface area contributed by atoms with E-state index in [1.807, 2.05) is 18.2 Å². The summed E-state index contributed by atoms with van der Waals surface area (Å²) in [5.41, 5.74) is 1.05. The fourth-order valence-corrected chi connectivity index (χ4v) is 2.15. The molecular weight excluding hydrogens is 256 g/mol. The molecule has 108 valence electrons. The first-order chi connectivity index (χ1) is 9.78. The fourth-order valence-electron chi connectivity index (χ4n) is 2.15. The maximum Gasteiger partial charge on any atom is 0.137 e. The summed E-state index contributed by atoms with van der Waals surface area (Å²) in [6.45, 7) is 3.60. The molecule has 0 spiro atoms. The number of methoxy groups -OCH3 is 2. The summed E-state index contributed by atoms with van der Waals surface area (Å²) in [4.78, 5) is 3.97. The minimum Gasteiger partial charge on any atom is -0.497 e. The minimum atomic E-state index is 0.0757. The van der Waals surface area contributed by atoms with Crippen LogP contribution in [0, 0.1) is 0 Å². The Morgan fingerprint density at radius 1 is 1.30 bits per heavy atom. The van der Waals surface area contributed by atoms with Crippen molar-refractivity contribution in [3.63, 3.8) is 0 Å². The van der Waals surface area contributed by atoms with Gasteiger partial charge in [-0.05, 0) is 24.7 Å². The number of rotatable bonds is 7. The highest BCUT2D eigenvalue weighted by Gasteiger charge is 2.17. The largest absolute Gasteiger partial charge is 0.497 e. The summed E-state index contributed by atoms with van der Waals surface area (Å²) in [7, 11) is 3.33. The van der Waals surface area contributed by atoms with Crippen LogP contribution in [0.5, 0.6) is 11.5 Å². The van der Waals surface area contributed by atoms with Crippen molar-refractivity contribution in [1.82, 2.24) is 20.1 Å². The number of hydrogen-bond acceptors (Lipinski definition) is 5. The molecule has 1 N–H and O–H groups in total. The molecule has 0 amide bonds. The van der Waals surface area contributed by atoms with E-state index in [4.69, 9.17) is 9.47 Å². The molecule has 0 aliphatic carbocycles. The number of hydrogen-bond donors (Lipinski definition) is 1. The van der Waals surface area contributed by atoms with Gasteiger partial charge in [0.25, 0.3) is 0 Å². The molecule has 0 radical (unpaired) electrons. The number of ether oxygens (including phenoxy) is 2. The van der Waals surface area contributed by atoms with Crippen molar-refractivity contribution in [2.24, 2.45) is 0 Å². The molecule has 20 heavy (non-hydrogen) atoms. The van der Waals surface area contributed by atoms with Crippen molar-refractivity contribution in [2.45, 2.75) is 19.5 Å². The lowest BCUT2D eigenvalue weighted by molar-refractivity contribution is 0.378. The first-order valence-corrected chi connectivity index (χ1v) is 6.56.